The van der Waals surface area contributed by atoms with Crippen LogP contribution in [-0.4, -0.2) is 151 Å². The van der Waals surface area contributed by atoms with Crippen LogP contribution in [0.3, 0.4) is 0 Å². The monoisotopic (exact) mass is 990 g/mol. The number of amides is 5. The Hall–Kier alpha value is -5.64. The Morgan fingerprint density at radius 3 is 2.55 bits per heavy atom. The van der Waals surface area contributed by atoms with E-state index in [1.54, 1.807) is 68.6 Å². The average molecular weight is 991 g/mol. The fourth-order valence-electron chi connectivity index (χ4n) is 9.35. The molecule has 1 aromatic carbocycles. The number of hydrogen-bond donors (Lipinski definition) is 2. The van der Waals surface area contributed by atoms with Gasteiger partial charge >= 0.3 is 18.2 Å². The number of halogens is 3. The molecule has 4 aromatic rings. The molecule has 2 fully saturated rings. The number of pyridine rings is 1. The van der Waals surface area contributed by atoms with Crippen molar-refractivity contribution >= 4 is 62.2 Å². The summed E-state index contributed by atoms with van der Waals surface area (Å²) in [4.78, 5) is 83.2. The first-order valence-electron chi connectivity index (χ1n) is 22.8. The van der Waals surface area contributed by atoms with Gasteiger partial charge in [-0.3, -0.25) is 29.2 Å². The quantitative estimate of drug-likeness (QED) is 0.115. The number of esters is 1. The van der Waals surface area contributed by atoms with Crippen LogP contribution in [0.25, 0.3) is 33.4 Å². The number of urea groups is 1. The normalized spacial score (nSPS) is 21.0. The molecule has 3 aliphatic heterocycles. The Bertz CT molecular complexity index is 2630. The number of likely N-dealkylation sites (tertiary alicyclic amines) is 1. The van der Waals surface area contributed by atoms with E-state index in [-0.39, 0.29) is 44.4 Å². The number of cyclic esters (lactones) is 1. The first-order valence-corrected chi connectivity index (χ1v) is 24.2. The number of fused-ring (bicyclic) bond motifs is 6. The fraction of sp³-hybridized carbons (Fsp3) is 0.521. The van der Waals surface area contributed by atoms with Gasteiger partial charge in [-0.15, -0.1) is 11.3 Å². The number of aromatic nitrogens is 3. The number of carbonyl (C=O) groups excluding carboxylic acids is 5. The number of hydrazine groups is 1. The third-order valence-corrected chi connectivity index (χ3v) is 14.6. The first kappa shape index (κ1) is 51.2. The van der Waals surface area contributed by atoms with Gasteiger partial charge in [-0.1, -0.05) is 40.3 Å². The zero-order valence-corrected chi connectivity index (χ0v) is 41.9. The summed E-state index contributed by atoms with van der Waals surface area (Å²) in [6, 6.07) is 5.59. The van der Waals surface area contributed by atoms with E-state index in [9.17, 15) is 37.1 Å². The molecule has 369 valence electrons. The summed E-state index contributed by atoms with van der Waals surface area (Å²) in [5.74, 6) is -2.52. The van der Waals surface area contributed by atoms with Crippen molar-refractivity contribution in [1.29, 1.82) is 0 Å². The minimum absolute atomic E-state index is 0.0839. The molecule has 0 saturated carbocycles. The molecule has 5 amide bonds. The summed E-state index contributed by atoms with van der Waals surface area (Å²) in [6.45, 7) is 12.0. The van der Waals surface area contributed by atoms with Gasteiger partial charge in [0, 0.05) is 86.3 Å². The van der Waals surface area contributed by atoms with Crippen LogP contribution in [0.1, 0.15) is 69.8 Å². The van der Waals surface area contributed by atoms with Crippen molar-refractivity contribution in [3.8, 4) is 22.5 Å². The van der Waals surface area contributed by atoms with Gasteiger partial charge in [0.1, 0.15) is 23.8 Å². The number of thiazole rings is 1. The predicted octanol–water partition coefficient (Wildman–Crippen LogP) is 5.65. The van der Waals surface area contributed by atoms with Crippen molar-refractivity contribution in [2.75, 3.05) is 47.4 Å². The lowest BCUT2D eigenvalue weighted by Crippen LogP contribution is -2.68. The van der Waals surface area contributed by atoms with E-state index >= 15 is 0 Å². The highest BCUT2D eigenvalue weighted by Gasteiger charge is 2.45. The third-order valence-electron chi connectivity index (χ3n) is 13.1. The van der Waals surface area contributed by atoms with Crippen molar-refractivity contribution in [2.45, 2.75) is 102 Å². The van der Waals surface area contributed by atoms with E-state index in [0.29, 0.717) is 69.2 Å². The second-order valence-corrected chi connectivity index (χ2v) is 21.1. The summed E-state index contributed by atoms with van der Waals surface area (Å²) in [5.41, 5.74) is 5.42. The summed E-state index contributed by atoms with van der Waals surface area (Å²) in [7, 11) is 8.26. The molecule has 2 saturated heterocycles. The number of rotatable bonds is 10. The van der Waals surface area contributed by atoms with Crippen molar-refractivity contribution in [3.63, 3.8) is 0 Å². The summed E-state index contributed by atoms with van der Waals surface area (Å²) in [5, 5.41) is 5.44. The topological polar surface area (TPSA) is 172 Å². The van der Waals surface area contributed by atoms with Crippen LogP contribution >= 0.6 is 11.3 Å². The lowest BCUT2D eigenvalue weighted by molar-refractivity contribution is -0.158. The molecule has 21 heteroatoms. The molecule has 6 heterocycles. The molecule has 6 bridgehead atoms. The van der Waals surface area contributed by atoms with Gasteiger partial charge in [-0.2, -0.15) is 13.2 Å². The van der Waals surface area contributed by atoms with Crippen molar-refractivity contribution in [2.24, 2.45) is 11.3 Å². The predicted molar refractivity (Wildman–Crippen MR) is 255 cm³/mol. The van der Waals surface area contributed by atoms with Crippen molar-refractivity contribution in [1.82, 2.24) is 45.0 Å². The zero-order chi connectivity index (χ0) is 50.3. The molecule has 0 unspecified atom stereocenters. The Labute approximate surface area is 407 Å². The molecule has 2 N–H and O–H groups in total. The number of ether oxygens (including phenoxy) is 2. The van der Waals surface area contributed by atoms with Gasteiger partial charge in [0.25, 0.3) is 5.91 Å². The lowest BCUT2D eigenvalue weighted by atomic mass is 9.84. The number of likely N-dealkylation sites (N-methyl/N-ethyl adjacent to an activating group) is 2. The number of hydrogen-bond acceptors (Lipinski definition) is 11. The standard InChI is InChI=1S/C48H59F3N9O7SSi/c1-10-38(61)58-22-30(23-58)56(7)45(65)57(8)40(27(2)3)42(62)54-34-20-37-53-35(24-68-37)29-14-15-36-32(19-29)33(21-46(5,6)26-67-44(64)47(69)16-12-18-60(55-47)43(34)63)41(59(36)25-48(49,50)51)31-13-11-17-52-39(31)28(4)66-9/h10-11,13-15,17,19,24,27-28,30,34,40,55H,1,12,16,18,20-23,25-26H2,2-9H3,(H,54,62)/t28-,34-,40-,47-/m0/s1. The van der Waals surface area contributed by atoms with Crippen LogP contribution in [0.15, 0.2) is 54.6 Å². The van der Waals surface area contributed by atoms with Gasteiger partial charge in [0.2, 0.25) is 11.8 Å². The Kier molecular flexibility index (Phi) is 14.8. The van der Waals surface area contributed by atoms with Gasteiger partial charge in [-0.05, 0) is 68.0 Å². The Morgan fingerprint density at radius 2 is 1.88 bits per heavy atom. The molecule has 3 aliphatic rings. The molecule has 69 heavy (non-hydrogen) atoms. The van der Waals surface area contributed by atoms with Crippen molar-refractivity contribution < 1.29 is 46.6 Å². The smallest absolute Gasteiger partial charge is 0.406 e. The molecule has 0 spiro atoms. The summed E-state index contributed by atoms with van der Waals surface area (Å²) < 4.78 is 57.0. The van der Waals surface area contributed by atoms with Crippen LogP contribution in [0.5, 0.6) is 0 Å². The van der Waals surface area contributed by atoms with Gasteiger partial charge in [0.15, 0.2) is 0 Å². The molecular formula is C48H59F3N9O7SSi. The third kappa shape index (κ3) is 10.8. The minimum atomic E-state index is -4.61. The van der Waals surface area contributed by atoms with E-state index in [0.717, 1.165) is 0 Å². The van der Waals surface area contributed by atoms with Crippen LogP contribution in [0, 0.1) is 11.3 Å². The number of benzene rings is 1. The maximum absolute atomic E-state index is 14.7. The highest BCUT2D eigenvalue weighted by Crippen LogP contribution is 2.43. The highest BCUT2D eigenvalue weighted by atomic mass is 32.1. The number of nitrogens with one attached hydrogen (secondary N) is 2. The lowest BCUT2D eigenvalue weighted by Gasteiger charge is -2.45. The highest BCUT2D eigenvalue weighted by molar-refractivity contribution is 7.10. The zero-order valence-electron chi connectivity index (χ0n) is 40.1. The van der Waals surface area contributed by atoms with Crippen LogP contribution in [-0.2, 0) is 48.0 Å². The maximum Gasteiger partial charge on any atom is 0.406 e. The Morgan fingerprint density at radius 1 is 1.16 bits per heavy atom. The first-order chi connectivity index (χ1) is 32.5. The van der Waals surface area contributed by atoms with Crippen LogP contribution < -0.4 is 10.7 Å². The minimum Gasteiger partial charge on any atom is -0.464 e. The largest absolute Gasteiger partial charge is 0.464 e. The molecule has 3 aromatic heterocycles. The second-order valence-electron chi connectivity index (χ2n) is 19.3. The Balaban J connectivity index is 1.30. The molecular weight excluding hydrogens is 932 g/mol. The molecule has 16 nitrogen and oxygen atoms in total. The van der Waals surface area contributed by atoms with E-state index in [1.807, 2.05) is 19.9 Å². The van der Waals surface area contributed by atoms with Gasteiger partial charge < -0.3 is 34.1 Å². The van der Waals surface area contributed by atoms with Crippen molar-refractivity contribution in [3.05, 3.63) is 70.8 Å². The summed E-state index contributed by atoms with van der Waals surface area (Å²) in [6.07, 6.45) is -1.69. The number of nitrogens with zero attached hydrogens (tertiary/aromatic N) is 7. The molecule has 4 atom stereocenters. The second kappa shape index (κ2) is 20.0. The number of carbonyl (C=O) groups is 5. The molecule has 7 rings (SSSR count). The van der Waals surface area contributed by atoms with Gasteiger partial charge in [-0.25, -0.2) is 15.2 Å². The number of alkyl halides is 3. The molecule has 3 radical (unpaired) electrons. The van der Waals surface area contributed by atoms with E-state index in [1.165, 1.54) is 50.9 Å². The van der Waals surface area contributed by atoms with Crippen LogP contribution in [0.2, 0.25) is 0 Å². The van der Waals surface area contributed by atoms with E-state index in [4.69, 9.17) is 14.5 Å². The van der Waals surface area contributed by atoms with E-state index < -0.39 is 71.2 Å². The molecule has 0 aliphatic carbocycles. The van der Waals surface area contributed by atoms with E-state index in [2.05, 4.69) is 32.5 Å². The number of methoxy groups -OCH3 is 1. The maximum atomic E-state index is 14.7. The fourth-order valence-corrected chi connectivity index (χ4v) is 10.6. The average Bonchev–Trinajstić information content (AvgIpc) is 3.86. The van der Waals surface area contributed by atoms with Crippen LogP contribution in [0.4, 0.5) is 18.0 Å². The summed E-state index contributed by atoms with van der Waals surface area (Å²) >= 11 is 1.25. The SMILES string of the molecule is C=CC(=O)N1CC(N(C)C(=O)N(C)[C@H](C(=O)N[C@H]2Cc3nc(cs3)-c3ccc4c(c3)c(c(-c3cccnc3[C@H](C)OC)n4CC(F)(F)F)CC(C)(C)COC(=O)[C@@]3([Si])CCCN(N3)C2=O)C(C)C)C1. The van der Waals surface area contributed by atoms with Gasteiger partial charge in [0.05, 0.1) is 51.1 Å².